The van der Waals surface area contributed by atoms with Gasteiger partial charge in [0.1, 0.15) is 5.82 Å². The molecule has 0 unspecified atom stereocenters. The zero-order valence-electron chi connectivity index (χ0n) is 12.0. The fraction of sp³-hybridized carbons (Fsp3) is 0.188. The topological polar surface area (TPSA) is 61.8 Å². The van der Waals surface area contributed by atoms with E-state index in [0.717, 1.165) is 11.3 Å². The van der Waals surface area contributed by atoms with Crippen LogP contribution in [0.1, 0.15) is 18.1 Å². The first kappa shape index (κ1) is 14.8. The largest absolute Gasteiger partial charge is 0.409 e. The molecule has 5 heteroatoms. The Kier molecular flexibility index (Phi) is 4.42. The molecule has 0 aromatic heterocycles. The third kappa shape index (κ3) is 3.13. The summed E-state index contributed by atoms with van der Waals surface area (Å²) >= 11 is 0. The molecule has 0 radical (unpaired) electrons. The maximum Gasteiger partial charge on any atom is 0.172 e. The van der Waals surface area contributed by atoms with Gasteiger partial charge in [0.2, 0.25) is 0 Å². The third-order valence-corrected chi connectivity index (χ3v) is 3.26. The van der Waals surface area contributed by atoms with Gasteiger partial charge < -0.3 is 15.8 Å². The maximum atomic E-state index is 13.5. The van der Waals surface area contributed by atoms with Crippen molar-refractivity contribution >= 4 is 17.2 Å². The van der Waals surface area contributed by atoms with Gasteiger partial charge in [0, 0.05) is 17.8 Å². The highest BCUT2D eigenvalue weighted by atomic mass is 19.1. The van der Waals surface area contributed by atoms with E-state index in [0.29, 0.717) is 17.8 Å². The van der Waals surface area contributed by atoms with Crippen LogP contribution in [0.3, 0.4) is 0 Å². The highest BCUT2D eigenvalue weighted by Gasteiger charge is 2.15. The maximum absolute atomic E-state index is 13.5. The van der Waals surface area contributed by atoms with E-state index in [1.807, 2.05) is 43.0 Å². The van der Waals surface area contributed by atoms with Crippen LogP contribution >= 0.6 is 0 Å². The van der Waals surface area contributed by atoms with Gasteiger partial charge in [0.05, 0.1) is 5.69 Å². The minimum absolute atomic E-state index is 0.0311. The molecular formula is C16H18FN3O. The highest BCUT2D eigenvalue weighted by Crippen LogP contribution is 2.29. The SMILES string of the molecule is CCN(c1cccc(F)c1)c1ccc(C)cc1/C(N)=N/O. The Balaban J connectivity index is 2.57. The van der Waals surface area contributed by atoms with Crippen LogP contribution in [-0.4, -0.2) is 17.6 Å². The number of nitrogens with two attached hydrogens (primary N) is 1. The van der Waals surface area contributed by atoms with Crippen LogP contribution in [-0.2, 0) is 0 Å². The molecule has 2 aromatic rings. The van der Waals surface area contributed by atoms with Crippen LogP contribution in [0.2, 0.25) is 0 Å². The zero-order chi connectivity index (χ0) is 15.4. The van der Waals surface area contributed by atoms with Crippen LogP contribution in [0.4, 0.5) is 15.8 Å². The molecule has 0 aliphatic rings. The predicted octanol–water partition coefficient (Wildman–Crippen LogP) is 3.39. The molecule has 0 fully saturated rings. The van der Waals surface area contributed by atoms with Crippen molar-refractivity contribution in [3.05, 3.63) is 59.4 Å². The Bertz CT molecular complexity index is 670. The number of amidine groups is 1. The van der Waals surface area contributed by atoms with Crippen LogP contribution < -0.4 is 10.6 Å². The second kappa shape index (κ2) is 6.26. The van der Waals surface area contributed by atoms with Crippen LogP contribution in [0, 0.1) is 12.7 Å². The van der Waals surface area contributed by atoms with E-state index in [2.05, 4.69) is 5.16 Å². The van der Waals surface area contributed by atoms with Gasteiger partial charge in [-0.2, -0.15) is 0 Å². The average Bonchev–Trinajstić information content (AvgIpc) is 2.48. The first-order valence-electron chi connectivity index (χ1n) is 6.68. The molecular weight excluding hydrogens is 269 g/mol. The van der Waals surface area contributed by atoms with Crippen molar-refractivity contribution in [2.24, 2.45) is 10.9 Å². The fourth-order valence-corrected chi connectivity index (χ4v) is 2.28. The van der Waals surface area contributed by atoms with E-state index in [1.165, 1.54) is 12.1 Å². The van der Waals surface area contributed by atoms with Crippen molar-refractivity contribution in [3.63, 3.8) is 0 Å². The Morgan fingerprint density at radius 2 is 2.05 bits per heavy atom. The minimum atomic E-state index is -0.302. The zero-order valence-corrected chi connectivity index (χ0v) is 12.0. The average molecular weight is 287 g/mol. The molecule has 110 valence electrons. The normalized spacial score (nSPS) is 11.5. The number of halogens is 1. The van der Waals surface area contributed by atoms with Gasteiger partial charge in [-0.3, -0.25) is 0 Å². The van der Waals surface area contributed by atoms with E-state index in [9.17, 15) is 4.39 Å². The second-order valence-corrected chi connectivity index (χ2v) is 4.73. The van der Waals surface area contributed by atoms with Gasteiger partial charge in [-0.1, -0.05) is 22.9 Å². The minimum Gasteiger partial charge on any atom is -0.409 e. The summed E-state index contributed by atoms with van der Waals surface area (Å²) in [6.45, 7) is 4.51. The molecule has 0 spiro atoms. The summed E-state index contributed by atoms with van der Waals surface area (Å²) in [6.07, 6.45) is 0. The molecule has 0 heterocycles. The Morgan fingerprint density at radius 3 is 2.67 bits per heavy atom. The van der Waals surface area contributed by atoms with Crippen molar-refractivity contribution in [1.82, 2.24) is 0 Å². The lowest BCUT2D eigenvalue weighted by molar-refractivity contribution is 0.318. The van der Waals surface area contributed by atoms with Crippen LogP contribution in [0.25, 0.3) is 0 Å². The third-order valence-electron chi connectivity index (χ3n) is 3.26. The smallest absolute Gasteiger partial charge is 0.172 e. The number of hydrogen-bond acceptors (Lipinski definition) is 3. The van der Waals surface area contributed by atoms with E-state index >= 15 is 0 Å². The number of hydrogen-bond donors (Lipinski definition) is 2. The van der Waals surface area contributed by atoms with E-state index in [-0.39, 0.29) is 11.7 Å². The summed E-state index contributed by atoms with van der Waals surface area (Å²) in [5, 5.41) is 12.0. The quantitative estimate of drug-likeness (QED) is 0.392. The lowest BCUT2D eigenvalue weighted by atomic mass is 10.1. The van der Waals surface area contributed by atoms with Crippen molar-refractivity contribution in [2.45, 2.75) is 13.8 Å². The molecule has 0 bridgehead atoms. The van der Waals surface area contributed by atoms with E-state index in [1.54, 1.807) is 6.07 Å². The van der Waals surface area contributed by atoms with Crippen LogP contribution in [0.5, 0.6) is 0 Å². The van der Waals surface area contributed by atoms with E-state index < -0.39 is 0 Å². The summed E-state index contributed by atoms with van der Waals surface area (Å²) in [4.78, 5) is 1.91. The molecule has 2 aromatic carbocycles. The summed E-state index contributed by atoms with van der Waals surface area (Å²) in [5.41, 5.74) is 8.86. The van der Waals surface area contributed by atoms with Crippen molar-refractivity contribution in [1.29, 1.82) is 0 Å². The fourth-order valence-electron chi connectivity index (χ4n) is 2.28. The lowest BCUT2D eigenvalue weighted by Gasteiger charge is -2.26. The van der Waals surface area contributed by atoms with Gasteiger partial charge in [-0.25, -0.2) is 4.39 Å². The molecule has 3 N–H and O–H groups in total. The predicted molar refractivity (Wildman–Crippen MR) is 82.8 cm³/mol. The molecule has 0 aliphatic heterocycles. The number of benzene rings is 2. The van der Waals surface area contributed by atoms with E-state index in [4.69, 9.17) is 10.9 Å². The number of oxime groups is 1. The molecule has 0 saturated heterocycles. The Labute approximate surface area is 123 Å². The standard InChI is InChI=1S/C16H18FN3O/c1-3-20(13-6-4-5-12(17)10-13)15-8-7-11(2)9-14(15)16(18)19-21/h4-10,21H,3H2,1-2H3,(H2,18,19). The van der Waals surface area contributed by atoms with Gasteiger partial charge in [0.25, 0.3) is 0 Å². The second-order valence-electron chi connectivity index (χ2n) is 4.73. The number of aryl methyl sites for hydroxylation is 1. The van der Waals surface area contributed by atoms with Crippen LogP contribution in [0.15, 0.2) is 47.6 Å². The molecule has 21 heavy (non-hydrogen) atoms. The number of anilines is 2. The van der Waals surface area contributed by atoms with Gasteiger partial charge >= 0.3 is 0 Å². The summed E-state index contributed by atoms with van der Waals surface area (Å²) in [7, 11) is 0. The molecule has 0 aliphatic carbocycles. The molecule has 0 amide bonds. The summed E-state index contributed by atoms with van der Waals surface area (Å²) in [6, 6.07) is 12.0. The summed E-state index contributed by atoms with van der Waals surface area (Å²) < 4.78 is 13.5. The lowest BCUT2D eigenvalue weighted by Crippen LogP contribution is -2.22. The first-order chi connectivity index (χ1) is 10.1. The Hall–Kier alpha value is -2.56. The number of rotatable bonds is 4. The van der Waals surface area contributed by atoms with Gasteiger partial charge in [-0.05, 0) is 44.2 Å². The highest BCUT2D eigenvalue weighted by molar-refractivity contribution is 6.03. The monoisotopic (exact) mass is 287 g/mol. The van der Waals surface area contributed by atoms with Crippen molar-refractivity contribution in [3.8, 4) is 0 Å². The van der Waals surface area contributed by atoms with Crippen molar-refractivity contribution in [2.75, 3.05) is 11.4 Å². The Morgan fingerprint density at radius 1 is 1.29 bits per heavy atom. The molecule has 2 rings (SSSR count). The molecule has 4 nitrogen and oxygen atoms in total. The van der Waals surface area contributed by atoms with Crippen molar-refractivity contribution < 1.29 is 9.60 Å². The number of nitrogens with zero attached hydrogens (tertiary/aromatic N) is 2. The van der Waals surface area contributed by atoms with Gasteiger partial charge in [-0.15, -0.1) is 0 Å². The molecule has 0 atom stereocenters. The first-order valence-corrected chi connectivity index (χ1v) is 6.68. The van der Waals surface area contributed by atoms with Gasteiger partial charge in [0.15, 0.2) is 5.84 Å². The summed E-state index contributed by atoms with van der Waals surface area (Å²) in [5.74, 6) is -0.271. The molecule has 0 saturated carbocycles.